The van der Waals surface area contributed by atoms with Gasteiger partial charge in [0.25, 0.3) is 5.91 Å². The second-order valence-electron chi connectivity index (χ2n) is 3.97. The number of thiocarbonyl (C=S) groups is 1. The topological polar surface area (TPSA) is 93.5 Å². The third kappa shape index (κ3) is 5.33. The summed E-state index contributed by atoms with van der Waals surface area (Å²) < 4.78 is 4.79. The van der Waals surface area contributed by atoms with Crippen molar-refractivity contribution in [3.63, 3.8) is 0 Å². The summed E-state index contributed by atoms with van der Waals surface area (Å²) in [6.07, 6.45) is 0. The third-order valence-electron chi connectivity index (χ3n) is 2.47. The first-order chi connectivity index (χ1) is 9.54. The van der Waals surface area contributed by atoms with E-state index in [2.05, 4.69) is 10.6 Å². The van der Waals surface area contributed by atoms with Crippen molar-refractivity contribution in [3.05, 3.63) is 35.4 Å². The highest BCUT2D eigenvalue weighted by Gasteiger charge is 2.08. The Morgan fingerprint density at radius 3 is 2.35 bits per heavy atom. The monoisotopic (exact) mass is 295 g/mol. The van der Waals surface area contributed by atoms with Crippen molar-refractivity contribution in [2.75, 3.05) is 26.8 Å². The number of carbonyl (C=O) groups is 2. The molecule has 0 aromatic heterocycles. The highest BCUT2D eigenvalue weighted by Crippen LogP contribution is 2.04. The van der Waals surface area contributed by atoms with Crippen molar-refractivity contribution in [3.8, 4) is 0 Å². The van der Waals surface area contributed by atoms with Gasteiger partial charge in [-0.05, 0) is 12.1 Å². The molecule has 0 aliphatic heterocycles. The SMILES string of the molecule is COCCNC(=O)CNC(=O)c1ccc(C(N)=S)cc1. The number of amides is 2. The van der Waals surface area contributed by atoms with Gasteiger partial charge < -0.3 is 21.1 Å². The lowest BCUT2D eigenvalue weighted by atomic mass is 10.1. The molecule has 0 heterocycles. The number of methoxy groups -OCH3 is 1. The van der Waals surface area contributed by atoms with Crippen LogP contribution >= 0.6 is 12.2 Å². The fraction of sp³-hybridized carbons (Fsp3) is 0.308. The predicted molar refractivity (Wildman–Crippen MR) is 79.5 cm³/mol. The molecule has 0 unspecified atom stereocenters. The van der Waals surface area contributed by atoms with Crippen molar-refractivity contribution in [2.45, 2.75) is 0 Å². The molecule has 0 saturated carbocycles. The van der Waals surface area contributed by atoms with Gasteiger partial charge in [-0.15, -0.1) is 0 Å². The van der Waals surface area contributed by atoms with E-state index in [4.69, 9.17) is 22.7 Å². The Labute approximate surface area is 122 Å². The van der Waals surface area contributed by atoms with Gasteiger partial charge in [0.15, 0.2) is 0 Å². The lowest BCUT2D eigenvalue weighted by Gasteiger charge is -2.07. The summed E-state index contributed by atoms with van der Waals surface area (Å²) in [4.78, 5) is 23.4. The number of rotatable bonds is 7. The summed E-state index contributed by atoms with van der Waals surface area (Å²) in [7, 11) is 1.55. The molecular formula is C13H17N3O3S. The Hall–Kier alpha value is -1.99. The van der Waals surface area contributed by atoms with E-state index in [-0.39, 0.29) is 23.3 Å². The fourth-order valence-corrected chi connectivity index (χ4v) is 1.54. The Morgan fingerprint density at radius 2 is 1.80 bits per heavy atom. The smallest absolute Gasteiger partial charge is 0.251 e. The standard InChI is InChI=1S/C13H17N3O3S/c1-19-7-6-15-11(17)8-16-13(18)10-4-2-9(3-5-10)12(14)20/h2-5H,6-8H2,1H3,(H2,14,20)(H,15,17)(H,16,18). The summed E-state index contributed by atoms with van der Waals surface area (Å²) in [5, 5.41) is 5.12. The predicted octanol–water partition coefficient (Wildman–Crippen LogP) is -0.187. The van der Waals surface area contributed by atoms with E-state index in [9.17, 15) is 9.59 Å². The number of hydrogen-bond donors (Lipinski definition) is 3. The molecule has 7 heteroatoms. The van der Waals surface area contributed by atoms with E-state index in [1.165, 1.54) is 0 Å². The third-order valence-corrected chi connectivity index (χ3v) is 2.71. The number of carbonyl (C=O) groups excluding carboxylic acids is 2. The van der Waals surface area contributed by atoms with Crippen molar-refractivity contribution < 1.29 is 14.3 Å². The summed E-state index contributed by atoms with van der Waals surface area (Å²) in [6.45, 7) is 0.758. The van der Waals surface area contributed by atoms with E-state index in [1.807, 2.05) is 0 Å². The van der Waals surface area contributed by atoms with Crippen LogP contribution in [-0.2, 0) is 9.53 Å². The molecule has 0 aliphatic carbocycles. The van der Waals surface area contributed by atoms with Gasteiger partial charge in [-0.2, -0.15) is 0 Å². The molecule has 20 heavy (non-hydrogen) atoms. The highest BCUT2D eigenvalue weighted by atomic mass is 32.1. The minimum atomic E-state index is -0.332. The van der Waals surface area contributed by atoms with E-state index in [1.54, 1.807) is 31.4 Å². The van der Waals surface area contributed by atoms with E-state index in [0.717, 1.165) is 0 Å². The molecule has 1 aromatic rings. The molecule has 0 saturated heterocycles. The van der Waals surface area contributed by atoms with Crippen LogP contribution in [0.15, 0.2) is 24.3 Å². The number of benzene rings is 1. The Morgan fingerprint density at radius 1 is 1.20 bits per heavy atom. The van der Waals surface area contributed by atoms with Gasteiger partial charge >= 0.3 is 0 Å². The normalized spacial score (nSPS) is 9.85. The van der Waals surface area contributed by atoms with Crippen LogP contribution in [0.4, 0.5) is 0 Å². The van der Waals surface area contributed by atoms with Gasteiger partial charge in [-0.25, -0.2) is 0 Å². The van der Waals surface area contributed by atoms with Crippen LogP contribution in [0.2, 0.25) is 0 Å². The van der Waals surface area contributed by atoms with Crippen LogP contribution in [0.25, 0.3) is 0 Å². The number of ether oxygens (including phenoxy) is 1. The van der Waals surface area contributed by atoms with Gasteiger partial charge in [0.05, 0.1) is 13.2 Å². The molecule has 4 N–H and O–H groups in total. The maximum Gasteiger partial charge on any atom is 0.251 e. The van der Waals surface area contributed by atoms with Gasteiger partial charge in [0.2, 0.25) is 5.91 Å². The molecule has 6 nitrogen and oxygen atoms in total. The molecular weight excluding hydrogens is 278 g/mol. The average molecular weight is 295 g/mol. The van der Waals surface area contributed by atoms with Gasteiger partial charge in [0.1, 0.15) is 4.99 Å². The first-order valence-electron chi connectivity index (χ1n) is 5.98. The first kappa shape index (κ1) is 16.1. The molecule has 0 bridgehead atoms. The molecule has 108 valence electrons. The Bertz CT molecular complexity index is 488. The number of nitrogens with two attached hydrogens (primary N) is 1. The molecule has 0 spiro atoms. The molecule has 1 aromatic carbocycles. The zero-order valence-electron chi connectivity index (χ0n) is 11.1. The summed E-state index contributed by atoms with van der Waals surface area (Å²) in [5.41, 5.74) is 6.59. The minimum absolute atomic E-state index is 0.0837. The maximum absolute atomic E-state index is 11.8. The number of hydrogen-bond acceptors (Lipinski definition) is 4. The second-order valence-corrected chi connectivity index (χ2v) is 4.41. The Kier molecular flexibility index (Phi) is 6.61. The van der Waals surface area contributed by atoms with Gasteiger partial charge in [0, 0.05) is 24.8 Å². The van der Waals surface area contributed by atoms with E-state index in [0.29, 0.717) is 24.3 Å². The quantitative estimate of drug-likeness (QED) is 0.479. The van der Waals surface area contributed by atoms with Crippen LogP contribution in [0.3, 0.4) is 0 Å². The summed E-state index contributed by atoms with van der Waals surface area (Å²) in [5.74, 6) is -0.600. The zero-order valence-corrected chi connectivity index (χ0v) is 12.0. The van der Waals surface area contributed by atoms with Crippen LogP contribution in [0, 0.1) is 0 Å². The van der Waals surface area contributed by atoms with Gasteiger partial charge in [-0.1, -0.05) is 24.4 Å². The molecule has 1 rings (SSSR count). The molecule has 0 atom stereocenters. The van der Waals surface area contributed by atoms with Crippen molar-refractivity contribution in [2.24, 2.45) is 5.73 Å². The fourth-order valence-electron chi connectivity index (χ4n) is 1.40. The molecule has 2 amide bonds. The Balaban J connectivity index is 2.42. The van der Waals surface area contributed by atoms with E-state index < -0.39 is 0 Å². The summed E-state index contributed by atoms with van der Waals surface area (Å²) in [6, 6.07) is 6.53. The largest absolute Gasteiger partial charge is 0.389 e. The minimum Gasteiger partial charge on any atom is -0.389 e. The lowest BCUT2D eigenvalue weighted by molar-refractivity contribution is -0.120. The molecule has 0 aliphatic rings. The van der Waals surface area contributed by atoms with Crippen LogP contribution in [0.1, 0.15) is 15.9 Å². The summed E-state index contributed by atoms with van der Waals surface area (Å²) >= 11 is 4.82. The van der Waals surface area contributed by atoms with E-state index >= 15 is 0 Å². The number of nitrogens with one attached hydrogen (secondary N) is 2. The lowest BCUT2D eigenvalue weighted by Crippen LogP contribution is -2.38. The van der Waals surface area contributed by atoms with Crippen LogP contribution in [0.5, 0.6) is 0 Å². The second kappa shape index (κ2) is 8.23. The molecule has 0 radical (unpaired) electrons. The molecule has 0 fully saturated rings. The highest BCUT2D eigenvalue weighted by molar-refractivity contribution is 7.80. The van der Waals surface area contributed by atoms with Crippen LogP contribution in [-0.4, -0.2) is 43.6 Å². The first-order valence-corrected chi connectivity index (χ1v) is 6.39. The van der Waals surface area contributed by atoms with Crippen molar-refractivity contribution >= 4 is 29.0 Å². The average Bonchev–Trinajstić information content (AvgIpc) is 2.45. The van der Waals surface area contributed by atoms with Crippen molar-refractivity contribution in [1.82, 2.24) is 10.6 Å². The van der Waals surface area contributed by atoms with Crippen molar-refractivity contribution in [1.29, 1.82) is 0 Å². The van der Waals surface area contributed by atoms with Gasteiger partial charge in [-0.3, -0.25) is 9.59 Å². The maximum atomic E-state index is 11.8. The van der Waals surface area contributed by atoms with Crippen LogP contribution < -0.4 is 16.4 Å². The zero-order chi connectivity index (χ0) is 15.0.